The molecule has 0 aromatic heterocycles. The Labute approximate surface area is 191 Å². The molecule has 1 heterocycles. The van der Waals surface area contributed by atoms with E-state index in [0.29, 0.717) is 12.1 Å². The van der Waals surface area contributed by atoms with E-state index in [9.17, 15) is 52.7 Å². The van der Waals surface area contributed by atoms with Gasteiger partial charge in [-0.15, -0.1) is 0 Å². The third kappa shape index (κ3) is 4.09. The Morgan fingerprint density at radius 3 is 1.12 bits per heavy atom. The summed E-state index contributed by atoms with van der Waals surface area (Å²) in [5, 5.41) is -1.60. The second-order valence-corrected chi connectivity index (χ2v) is 8.89. The van der Waals surface area contributed by atoms with Crippen LogP contribution in [0.25, 0.3) is 0 Å². The highest BCUT2D eigenvalue weighted by Crippen LogP contribution is 2.56. The quantitative estimate of drug-likeness (QED) is 0.247. The zero-order chi connectivity index (χ0) is 25.8. The van der Waals surface area contributed by atoms with Crippen molar-refractivity contribution in [3.8, 4) is 0 Å². The normalized spacial score (nSPS) is 18.9. The van der Waals surface area contributed by atoms with Crippen molar-refractivity contribution in [3.63, 3.8) is 0 Å². The molecule has 0 aliphatic carbocycles. The van der Waals surface area contributed by atoms with E-state index in [1.54, 1.807) is 0 Å². The first-order valence-corrected chi connectivity index (χ1v) is 10.7. The standard InChI is InChI=1S/C18H9F12O2P.Al/c19-15(20,21)13(31,16(22,23)24)9-5-1-3-7-11(9)33-12-8-4-2-6-10(12)14(32,17(25,26)27)18(28,29)30;/h1-8,33H;/q-2;+2. The molecule has 16 heteroatoms. The number of alkyl halides is 12. The topological polar surface area (TPSA) is 18.5 Å². The van der Waals surface area contributed by atoms with E-state index in [0.717, 1.165) is 36.4 Å². The molecule has 34 heavy (non-hydrogen) atoms. The molecule has 185 valence electrons. The average Bonchev–Trinajstić information content (AvgIpc) is 2.66. The summed E-state index contributed by atoms with van der Waals surface area (Å²) in [6, 6.07) is 5.94. The molecule has 0 amide bonds. The van der Waals surface area contributed by atoms with Crippen LogP contribution in [0.4, 0.5) is 52.7 Å². The molecule has 0 N–H and O–H groups in total. The van der Waals surface area contributed by atoms with Gasteiger partial charge < -0.3 is 7.58 Å². The first-order valence-electron chi connectivity index (χ1n) is 8.80. The van der Waals surface area contributed by atoms with Crippen molar-refractivity contribution in [2.45, 2.75) is 35.9 Å². The lowest BCUT2D eigenvalue weighted by molar-refractivity contribution is -0.383. The molecule has 0 fully saturated rings. The van der Waals surface area contributed by atoms with Crippen LogP contribution in [0, 0.1) is 0 Å². The van der Waals surface area contributed by atoms with Gasteiger partial charge in [-0.25, -0.2) is 0 Å². The highest BCUT2D eigenvalue weighted by Gasteiger charge is 2.76. The van der Waals surface area contributed by atoms with E-state index in [-0.39, 0.29) is 0 Å². The van der Waals surface area contributed by atoms with E-state index in [1.807, 2.05) is 0 Å². The van der Waals surface area contributed by atoms with Gasteiger partial charge in [0, 0.05) is 11.1 Å². The maximum atomic E-state index is 13.9. The largest absolute Gasteiger partial charge is 0.670 e. The Kier molecular flexibility index (Phi) is 6.81. The van der Waals surface area contributed by atoms with Crippen LogP contribution < -0.4 is 10.6 Å². The lowest BCUT2D eigenvalue weighted by Crippen LogP contribution is -2.62. The maximum Gasteiger partial charge on any atom is 0.670 e. The molecule has 0 saturated heterocycles. The Morgan fingerprint density at radius 1 is 0.529 bits per heavy atom. The Balaban J connectivity index is 2.44. The summed E-state index contributed by atoms with van der Waals surface area (Å²) in [4.78, 5) is 0. The Bertz CT molecular complexity index is 935. The molecule has 0 atom stereocenters. The Hall–Kier alpha value is -1.52. The monoisotopic (exact) mass is 543 g/mol. The highest BCUT2D eigenvalue weighted by molar-refractivity contribution is 7.55. The average molecular weight is 543 g/mol. The van der Waals surface area contributed by atoms with Crippen LogP contribution in [-0.4, -0.2) is 40.6 Å². The molecule has 0 bridgehead atoms. The van der Waals surface area contributed by atoms with Crippen LogP contribution in [0.2, 0.25) is 0 Å². The van der Waals surface area contributed by atoms with Crippen LogP contribution in [0.15, 0.2) is 48.5 Å². The minimum atomic E-state index is -6.32. The van der Waals surface area contributed by atoms with Gasteiger partial charge in [0.05, 0.1) is 0 Å². The van der Waals surface area contributed by atoms with Crippen molar-refractivity contribution < 1.29 is 60.3 Å². The molecule has 1 radical (unpaired) electrons. The summed E-state index contributed by atoms with van der Waals surface area (Å²) in [5.41, 5.74) is -13.5. The van der Waals surface area contributed by atoms with E-state index < -0.39 is 82.1 Å². The van der Waals surface area contributed by atoms with Crippen LogP contribution >= 0.6 is 8.58 Å². The predicted octanol–water partition coefficient (Wildman–Crippen LogP) is 5.54. The van der Waals surface area contributed by atoms with E-state index >= 15 is 0 Å². The zero-order valence-electron chi connectivity index (χ0n) is 16.0. The molecule has 3 rings (SSSR count). The second kappa shape index (κ2) is 8.55. The van der Waals surface area contributed by atoms with E-state index in [4.69, 9.17) is 0 Å². The molecule has 1 aliphatic rings. The number of fused-ring (bicyclic) bond motifs is 2. The molecule has 2 aromatic carbocycles. The first kappa shape index (κ1) is 27.1. The number of hydrogen-bond acceptors (Lipinski definition) is 2. The summed E-state index contributed by atoms with van der Waals surface area (Å²) in [7, 11) is -1.48. The van der Waals surface area contributed by atoms with Gasteiger partial charge in [0.25, 0.3) is 11.2 Å². The molecule has 0 spiro atoms. The fourth-order valence-electron chi connectivity index (χ4n) is 3.44. The summed E-state index contributed by atoms with van der Waals surface area (Å²) < 4.78 is 175. The van der Waals surface area contributed by atoms with E-state index in [2.05, 4.69) is 7.58 Å². The SMILES string of the molecule is FC(F)(F)C1(C(F)(F)F)[O][Al][O]C(C(F)(F)F)(C(F)(F)F)c2ccccc2Pc2ccccc21. The minimum absolute atomic E-state index is 0.410. The van der Waals surface area contributed by atoms with Crippen molar-refractivity contribution in [1.82, 2.24) is 0 Å². The summed E-state index contributed by atoms with van der Waals surface area (Å²) in [5.74, 6) is 0. The smallest absolute Gasteiger partial charge is 0.462 e. The van der Waals surface area contributed by atoms with E-state index in [1.165, 1.54) is 0 Å². The zero-order valence-corrected chi connectivity index (χ0v) is 18.2. The third-order valence-corrected chi connectivity index (χ3v) is 7.24. The lowest BCUT2D eigenvalue weighted by Gasteiger charge is -2.43. The molecule has 0 unspecified atom stereocenters. The summed E-state index contributed by atoms with van der Waals surface area (Å²) >= 11 is -3.62. The number of benzene rings is 2. The summed E-state index contributed by atoms with van der Waals surface area (Å²) in [6.45, 7) is 0. The number of halogens is 12. The van der Waals surface area contributed by atoms with Crippen LogP contribution in [0.1, 0.15) is 11.1 Å². The lowest BCUT2D eigenvalue weighted by atomic mass is 9.92. The van der Waals surface area contributed by atoms with Crippen molar-refractivity contribution in [2.75, 3.05) is 0 Å². The predicted molar refractivity (Wildman–Crippen MR) is 96.0 cm³/mol. The highest BCUT2D eigenvalue weighted by atomic mass is 31.1. The second-order valence-electron chi connectivity index (χ2n) is 6.90. The van der Waals surface area contributed by atoms with Crippen LogP contribution in [0.3, 0.4) is 0 Å². The van der Waals surface area contributed by atoms with Gasteiger partial charge >= 0.3 is 40.6 Å². The molecular formula is C18H9AlF12O2P. The van der Waals surface area contributed by atoms with Crippen molar-refractivity contribution >= 4 is 35.1 Å². The minimum Gasteiger partial charge on any atom is -0.462 e. The van der Waals surface area contributed by atoms with Crippen LogP contribution in [-0.2, 0) is 18.8 Å². The van der Waals surface area contributed by atoms with Crippen molar-refractivity contribution in [3.05, 3.63) is 59.7 Å². The van der Waals surface area contributed by atoms with Gasteiger partial charge in [-0.05, 0) is 10.6 Å². The molecule has 1 aliphatic heterocycles. The van der Waals surface area contributed by atoms with Crippen molar-refractivity contribution in [2.24, 2.45) is 0 Å². The first-order chi connectivity index (χ1) is 15.4. The van der Waals surface area contributed by atoms with Gasteiger partial charge in [-0.2, -0.15) is 52.7 Å². The van der Waals surface area contributed by atoms with Gasteiger partial charge in [-0.1, -0.05) is 57.1 Å². The Morgan fingerprint density at radius 2 is 0.824 bits per heavy atom. The van der Waals surface area contributed by atoms with Gasteiger partial charge in [0.15, 0.2) is 0 Å². The number of rotatable bonds is 0. The fourth-order valence-corrected chi connectivity index (χ4v) is 6.00. The number of hydrogen-bond donors (Lipinski definition) is 0. The molecular weight excluding hydrogens is 534 g/mol. The molecule has 2 aromatic rings. The van der Waals surface area contributed by atoms with Gasteiger partial charge in [-0.3, -0.25) is 0 Å². The van der Waals surface area contributed by atoms with Gasteiger partial charge in [0.2, 0.25) is 0 Å². The summed E-state index contributed by atoms with van der Waals surface area (Å²) in [6.07, 6.45) is -25.3. The fraction of sp³-hybridized carbons (Fsp3) is 0.333. The van der Waals surface area contributed by atoms with Crippen molar-refractivity contribution in [1.29, 1.82) is 0 Å². The van der Waals surface area contributed by atoms with Crippen LogP contribution in [0.5, 0.6) is 0 Å². The maximum absolute atomic E-state index is 13.9. The van der Waals surface area contributed by atoms with Gasteiger partial charge in [0.1, 0.15) is 0 Å². The molecule has 0 saturated carbocycles. The molecule has 2 nitrogen and oxygen atoms in total. The third-order valence-electron chi connectivity index (χ3n) is 4.93.